The number of rotatable bonds is 7. The van der Waals surface area contributed by atoms with E-state index in [9.17, 15) is 26.4 Å². The van der Waals surface area contributed by atoms with Crippen LogP contribution in [0.25, 0.3) is 0 Å². The van der Waals surface area contributed by atoms with Gasteiger partial charge >= 0.3 is 6.18 Å². The Bertz CT molecular complexity index is 1080. The molecule has 1 aliphatic heterocycles. The normalized spacial score (nSPS) is 15.0. The van der Waals surface area contributed by atoms with E-state index in [2.05, 4.69) is 5.32 Å². The molecule has 11 heteroatoms. The first-order valence-electron chi connectivity index (χ1n) is 10.5. The highest BCUT2D eigenvalue weighted by atomic mass is 32.2. The molecule has 2 aromatic rings. The van der Waals surface area contributed by atoms with Gasteiger partial charge in [-0.3, -0.25) is 4.79 Å². The van der Waals surface area contributed by atoms with Gasteiger partial charge in [-0.25, -0.2) is 8.42 Å². The van der Waals surface area contributed by atoms with Crippen LogP contribution in [-0.4, -0.2) is 58.0 Å². The third kappa shape index (κ3) is 5.66. The van der Waals surface area contributed by atoms with E-state index < -0.39 is 27.7 Å². The molecule has 180 valence electrons. The molecule has 1 heterocycles. The SMILES string of the molecule is CCN(CC)S(=O)(=O)c1ccc(C(=O)Nc2cc(C(F)(F)F)ccc2N2CCOCC2)cc1. The summed E-state index contributed by atoms with van der Waals surface area (Å²) in [7, 11) is -3.69. The van der Waals surface area contributed by atoms with Gasteiger partial charge in [0.2, 0.25) is 10.0 Å². The highest BCUT2D eigenvalue weighted by Crippen LogP contribution is 2.36. The number of alkyl halides is 3. The quantitative estimate of drug-likeness (QED) is 0.645. The summed E-state index contributed by atoms with van der Waals surface area (Å²) in [6, 6.07) is 8.54. The Morgan fingerprint density at radius 3 is 2.21 bits per heavy atom. The molecule has 1 amide bonds. The molecule has 0 radical (unpaired) electrons. The van der Waals surface area contributed by atoms with Crippen molar-refractivity contribution < 1.29 is 31.1 Å². The van der Waals surface area contributed by atoms with E-state index in [0.29, 0.717) is 45.1 Å². The van der Waals surface area contributed by atoms with Gasteiger partial charge in [0.1, 0.15) is 0 Å². The second kappa shape index (κ2) is 10.1. The number of carbonyl (C=O) groups excluding carboxylic acids is 1. The molecule has 1 aliphatic rings. The number of nitrogens with zero attached hydrogens (tertiary/aromatic N) is 2. The maximum atomic E-state index is 13.3. The van der Waals surface area contributed by atoms with Crippen molar-refractivity contribution in [1.82, 2.24) is 4.31 Å². The lowest BCUT2D eigenvalue weighted by molar-refractivity contribution is -0.137. The summed E-state index contributed by atoms with van der Waals surface area (Å²) in [6.07, 6.45) is -4.57. The number of halogens is 3. The average Bonchev–Trinajstić information content (AvgIpc) is 2.79. The Morgan fingerprint density at radius 2 is 1.67 bits per heavy atom. The van der Waals surface area contributed by atoms with Gasteiger partial charge in [-0.15, -0.1) is 0 Å². The predicted octanol–water partition coefficient (Wildman–Crippen LogP) is 3.82. The second-order valence-electron chi connectivity index (χ2n) is 7.40. The van der Waals surface area contributed by atoms with Crippen molar-refractivity contribution in [2.45, 2.75) is 24.9 Å². The fraction of sp³-hybridized carbons (Fsp3) is 0.409. The lowest BCUT2D eigenvalue weighted by atomic mass is 10.1. The van der Waals surface area contributed by atoms with Crippen LogP contribution in [-0.2, 0) is 20.9 Å². The van der Waals surface area contributed by atoms with Gasteiger partial charge in [0.05, 0.1) is 35.0 Å². The number of nitrogens with one attached hydrogen (secondary N) is 1. The molecule has 0 aliphatic carbocycles. The van der Waals surface area contributed by atoms with E-state index in [1.54, 1.807) is 13.8 Å². The first kappa shape index (κ1) is 25.0. The zero-order valence-corrected chi connectivity index (χ0v) is 19.2. The molecular weight excluding hydrogens is 459 g/mol. The second-order valence-corrected chi connectivity index (χ2v) is 9.33. The molecule has 1 saturated heterocycles. The summed E-state index contributed by atoms with van der Waals surface area (Å²) in [5, 5.41) is 2.56. The summed E-state index contributed by atoms with van der Waals surface area (Å²) in [4.78, 5) is 14.7. The Balaban J connectivity index is 1.88. The van der Waals surface area contributed by atoms with Crippen LogP contribution in [0, 0.1) is 0 Å². The van der Waals surface area contributed by atoms with Gasteiger partial charge in [-0.05, 0) is 42.5 Å². The number of carbonyl (C=O) groups is 1. The number of morpholine rings is 1. The molecule has 0 saturated carbocycles. The monoisotopic (exact) mass is 485 g/mol. The van der Waals surface area contributed by atoms with Gasteiger partial charge in [0.25, 0.3) is 5.91 Å². The van der Waals surface area contributed by atoms with Crippen molar-refractivity contribution in [2.24, 2.45) is 0 Å². The van der Waals surface area contributed by atoms with Gasteiger partial charge < -0.3 is 15.0 Å². The molecule has 33 heavy (non-hydrogen) atoms. The van der Waals surface area contributed by atoms with Crippen LogP contribution >= 0.6 is 0 Å². The summed E-state index contributed by atoms with van der Waals surface area (Å²) in [5.41, 5.74) is -0.272. The smallest absolute Gasteiger partial charge is 0.378 e. The summed E-state index contributed by atoms with van der Waals surface area (Å²) in [5.74, 6) is -0.643. The fourth-order valence-electron chi connectivity index (χ4n) is 3.58. The first-order chi connectivity index (χ1) is 15.6. The molecule has 0 bridgehead atoms. The zero-order chi connectivity index (χ0) is 24.2. The highest BCUT2D eigenvalue weighted by molar-refractivity contribution is 7.89. The van der Waals surface area contributed by atoms with Crippen molar-refractivity contribution >= 4 is 27.3 Å². The maximum Gasteiger partial charge on any atom is 0.416 e. The van der Waals surface area contributed by atoms with E-state index in [-0.39, 0.29) is 16.1 Å². The third-order valence-electron chi connectivity index (χ3n) is 5.38. The number of hydrogen-bond acceptors (Lipinski definition) is 5. The minimum absolute atomic E-state index is 0.0246. The zero-order valence-electron chi connectivity index (χ0n) is 18.4. The average molecular weight is 486 g/mol. The third-order valence-corrected chi connectivity index (χ3v) is 7.45. The minimum atomic E-state index is -4.57. The van der Waals surface area contributed by atoms with Crippen molar-refractivity contribution in [1.29, 1.82) is 0 Å². The fourth-order valence-corrected chi connectivity index (χ4v) is 5.04. The van der Waals surface area contributed by atoms with Crippen molar-refractivity contribution in [3.63, 3.8) is 0 Å². The summed E-state index contributed by atoms with van der Waals surface area (Å²) in [6.45, 7) is 5.88. The molecule has 0 spiro atoms. The number of anilines is 2. The lowest BCUT2D eigenvalue weighted by Crippen LogP contribution is -2.36. The molecule has 7 nitrogen and oxygen atoms in total. The molecule has 2 aromatic carbocycles. The molecule has 0 atom stereocenters. The van der Waals surface area contributed by atoms with E-state index >= 15 is 0 Å². The van der Waals surface area contributed by atoms with Crippen molar-refractivity contribution in [3.8, 4) is 0 Å². The number of amides is 1. The van der Waals surface area contributed by atoms with Crippen LogP contribution in [0.1, 0.15) is 29.8 Å². The van der Waals surface area contributed by atoms with E-state index in [1.807, 2.05) is 4.90 Å². The van der Waals surface area contributed by atoms with Crippen LogP contribution < -0.4 is 10.2 Å². The van der Waals surface area contributed by atoms with Gasteiger partial charge in [0.15, 0.2) is 0 Å². The number of benzene rings is 2. The van der Waals surface area contributed by atoms with E-state index in [4.69, 9.17) is 4.74 Å². The first-order valence-corrected chi connectivity index (χ1v) is 12.0. The Labute approximate surface area is 191 Å². The molecule has 1 N–H and O–H groups in total. The van der Waals surface area contributed by atoms with Gasteiger partial charge in [0, 0.05) is 31.7 Å². The number of hydrogen-bond donors (Lipinski definition) is 1. The Hall–Kier alpha value is -2.63. The maximum absolute atomic E-state index is 13.3. The highest BCUT2D eigenvalue weighted by Gasteiger charge is 2.32. The number of ether oxygens (including phenoxy) is 1. The number of sulfonamides is 1. The van der Waals surface area contributed by atoms with Crippen LogP contribution in [0.2, 0.25) is 0 Å². The van der Waals surface area contributed by atoms with E-state index in [0.717, 1.165) is 12.1 Å². The van der Waals surface area contributed by atoms with Crippen LogP contribution in [0.15, 0.2) is 47.4 Å². The molecule has 0 unspecified atom stereocenters. The van der Waals surface area contributed by atoms with Crippen LogP contribution in [0.3, 0.4) is 0 Å². The van der Waals surface area contributed by atoms with Crippen LogP contribution in [0.4, 0.5) is 24.5 Å². The topological polar surface area (TPSA) is 79.0 Å². The largest absolute Gasteiger partial charge is 0.416 e. The van der Waals surface area contributed by atoms with Crippen LogP contribution in [0.5, 0.6) is 0 Å². The molecule has 3 rings (SSSR count). The molecular formula is C22H26F3N3O4S. The predicted molar refractivity (Wildman–Crippen MR) is 119 cm³/mol. The minimum Gasteiger partial charge on any atom is -0.378 e. The Kier molecular flexibility index (Phi) is 7.65. The summed E-state index contributed by atoms with van der Waals surface area (Å²) >= 11 is 0. The van der Waals surface area contributed by atoms with Gasteiger partial charge in [-0.2, -0.15) is 17.5 Å². The molecule has 1 fully saturated rings. The Morgan fingerprint density at radius 1 is 1.06 bits per heavy atom. The van der Waals surface area contributed by atoms with E-state index in [1.165, 1.54) is 34.6 Å². The lowest BCUT2D eigenvalue weighted by Gasteiger charge is -2.31. The molecule has 0 aromatic heterocycles. The standard InChI is InChI=1S/C22H26F3N3O4S/c1-3-28(4-2)33(30,31)18-8-5-16(6-9-18)21(29)26-19-15-17(22(23,24)25)7-10-20(19)27-11-13-32-14-12-27/h5-10,15H,3-4,11-14H2,1-2H3,(H,26,29). The summed E-state index contributed by atoms with van der Waals surface area (Å²) < 4.78 is 71.7. The van der Waals surface area contributed by atoms with Gasteiger partial charge in [-0.1, -0.05) is 13.8 Å². The van der Waals surface area contributed by atoms with Crippen molar-refractivity contribution in [2.75, 3.05) is 49.6 Å². The van der Waals surface area contributed by atoms with Crippen molar-refractivity contribution in [3.05, 3.63) is 53.6 Å².